The lowest BCUT2D eigenvalue weighted by Gasteiger charge is -2.18. The van der Waals surface area contributed by atoms with Crippen molar-refractivity contribution < 1.29 is 19.1 Å². The Kier molecular flexibility index (Phi) is 4.12. The molecule has 2 aliphatic carbocycles. The van der Waals surface area contributed by atoms with E-state index in [4.69, 9.17) is 4.74 Å². The van der Waals surface area contributed by atoms with Gasteiger partial charge in [-0.1, -0.05) is 48.0 Å². The summed E-state index contributed by atoms with van der Waals surface area (Å²) in [7, 11) is 0. The van der Waals surface area contributed by atoms with E-state index >= 15 is 0 Å². The Balaban J connectivity index is 1.31. The fraction of sp³-hybridized carbons (Fsp3) is 0.292. The van der Waals surface area contributed by atoms with Gasteiger partial charge in [-0.15, -0.1) is 0 Å². The van der Waals surface area contributed by atoms with Gasteiger partial charge in [0.1, 0.15) is 5.75 Å². The highest BCUT2D eigenvalue weighted by Crippen LogP contribution is 2.53. The zero-order valence-corrected chi connectivity index (χ0v) is 16.1. The van der Waals surface area contributed by atoms with Crippen molar-refractivity contribution in [1.82, 2.24) is 0 Å². The van der Waals surface area contributed by atoms with E-state index in [0.717, 1.165) is 12.0 Å². The third kappa shape index (κ3) is 2.89. The number of carbonyl (C=O) groups is 3. The molecule has 0 aromatic heterocycles. The van der Waals surface area contributed by atoms with Crippen LogP contribution in [0.4, 0.5) is 5.69 Å². The van der Waals surface area contributed by atoms with Crippen molar-refractivity contribution >= 4 is 23.3 Å². The molecule has 146 valence electrons. The van der Waals surface area contributed by atoms with Crippen LogP contribution in [0, 0.1) is 30.6 Å². The first-order valence-electron chi connectivity index (χ1n) is 9.92. The van der Waals surface area contributed by atoms with Gasteiger partial charge in [0, 0.05) is 11.6 Å². The zero-order valence-electron chi connectivity index (χ0n) is 16.1. The maximum atomic E-state index is 13.0. The first-order chi connectivity index (χ1) is 14.0. The number of amides is 2. The van der Waals surface area contributed by atoms with Gasteiger partial charge in [-0.05, 0) is 37.3 Å². The van der Waals surface area contributed by atoms with Crippen LogP contribution in [-0.4, -0.2) is 24.2 Å². The molecule has 29 heavy (non-hydrogen) atoms. The van der Waals surface area contributed by atoms with E-state index < -0.39 is 0 Å². The van der Waals surface area contributed by atoms with Crippen molar-refractivity contribution in [3.8, 4) is 5.75 Å². The Hall–Kier alpha value is -3.21. The van der Waals surface area contributed by atoms with Crippen LogP contribution in [0.1, 0.15) is 22.3 Å². The first kappa shape index (κ1) is 17.9. The normalized spacial score (nSPS) is 26.9. The number of imide groups is 1. The molecule has 1 saturated carbocycles. The minimum absolute atomic E-state index is 0.103. The van der Waals surface area contributed by atoms with E-state index in [1.807, 2.05) is 19.1 Å². The predicted octanol–water partition coefficient (Wildman–Crippen LogP) is 3.57. The monoisotopic (exact) mass is 387 g/mol. The van der Waals surface area contributed by atoms with Crippen LogP contribution in [0.15, 0.2) is 60.7 Å². The highest BCUT2D eigenvalue weighted by molar-refractivity contribution is 6.22. The molecule has 2 aromatic rings. The van der Waals surface area contributed by atoms with Crippen molar-refractivity contribution in [3.63, 3.8) is 0 Å². The molecule has 0 spiro atoms. The van der Waals surface area contributed by atoms with Crippen molar-refractivity contribution in [2.75, 3.05) is 11.5 Å². The maximum absolute atomic E-state index is 13.0. The number of nitrogens with zero attached hydrogens (tertiary/aromatic N) is 1. The first-order valence-corrected chi connectivity index (χ1v) is 9.92. The number of benzene rings is 2. The number of ether oxygens (including phenoxy) is 1. The van der Waals surface area contributed by atoms with Gasteiger partial charge in [-0.2, -0.15) is 0 Å². The second kappa shape index (κ2) is 6.69. The standard InChI is InChI=1S/C24H21NO4/c1-14-5-7-15(8-6-14)20(26)13-29-19-4-2-3-18(12-19)25-23(27)21-16-9-10-17(11-16)22(21)24(25)28/h2-10,12,16-17,21-22H,11,13H2,1H3/t16-,17+,21+,22-. The predicted molar refractivity (Wildman–Crippen MR) is 108 cm³/mol. The number of fused-ring (bicyclic) bond motifs is 5. The number of ketones is 1. The number of hydrogen-bond acceptors (Lipinski definition) is 4. The molecule has 0 radical (unpaired) electrons. The van der Waals surface area contributed by atoms with E-state index in [-0.39, 0.29) is 47.9 Å². The lowest BCUT2D eigenvalue weighted by atomic mass is 9.85. The van der Waals surface area contributed by atoms with E-state index in [1.54, 1.807) is 36.4 Å². The molecule has 2 bridgehead atoms. The van der Waals surface area contributed by atoms with Gasteiger partial charge >= 0.3 is 0 Å². The summed E-state index contributed by atoms with van der Waals surface area (Å²) in [6.45, 7) is 1.86. The summed E-state index contributed by atoms with van der Waals surface area (Å²) >= 11 is 0. The summed E-state index contributed by atoms with van der Waals surface area (Å²) in [5.41, 5.74) is 2.19. The number of anilines is 1. The number of Topliss-reactive ketones (excluding diaryl/α,β-unsaturated/α-hetero) is 1. The molecular weight excluding hydrogens is 366 g/mol. The van der Waals surface area contributed by atoms with E-state index in [9.17, 15) is 14.4 Å². The number of aryl methyl sites for hydroxylation is 1. The lowest BCUT2D eigenvalue weighted by molar-refractivity contribution is -0.123. The van der Waals surface area contributed by atoms with Gasteiger partial charge in [-0.3, -0.25) is 14.4 Å². The van der Waals surface area contributed by atoms with Crippen LogP contribution in [0.3, 0.4) is 0 Å². The molecule has 1 heterocycles. The fourth-order valence-electron chi connectivity index (χ4n) is 4.84. The number of allylic oxidation sites excluding steroid dienone is 2. The van der Waals surface area contributed by atoms with Crippen LogP contribution in [0.2, 0.25) is 0 Å². The molecule has 5 rings (SSSR count). The molecule has 5 heteroatoms. The third-order valence-corrected chi connectivity index (χ3v) is 6.29. The SMILES string of the molecule is Cc1ccc(C(=O)COc2cccc(N3C(=O)[C@@H]4[C@H](C3=O)[C@H]3C=C[C@@H]4C3)c2)cc1. The van der Waals surface area contributed by atoms with Crippen molar-refractivity contribution in [1.29, 1.82) is 0 Å². The van der Waals surface area contributed by atoms with Gasteiger partial charge in [0.05, 0.1) is 17.5 Å². The van der Waals surface area contributed by atoms with Crippen LogP contribution in [-0.2, 0) is 9.59 Å². The Morgan fingerprint density at radius 2 is 1.66 bits per heavy atom. The Morgan fingerprint density at radius 1 is 1.00 bits per heavy atom. The second-order valence-corrected chi connectivity index (χ2v) is 8.09. The summed E-state index contributed by atoms with van der Waals surface area (Å²) in [5, 5.41) is 0. The summed E-state index contributed by atoms with van der Waals surface area (Å²) < 4.78 is 5.66. The smallest absolute Gasteiger partial charge is 0.238 e. The number of rotatable bonds is 5. The Labute approximate surface area is 169 Å². The summed E-state index contributed by atoms with van der Waals surface area (Å²) in [5.74, 6) is -0.0107. The quantitative estimate of drug-likeness (QED) is 0.447. The van der Waals surface area contributed by atoms with Crippen LogP contribution in [0.5, 0.6) is 5.75 Å². The molecule has 0 N–H and O–H groups in total. The summed E-state index contributed by atoms with van der Waals surface area (Å²) in [6.07, 6.45) is 5.07. The second-order valence-electron chi connectivity index (χ2n) is 8.09. The molecule has 0 unspecified atom stereocenters. The van der Waals surface area contributed by atoms with Crippen LogP contribution < -0.4 is 9.64 Å². The average Bonchev–Trinajstić information content (AvgIpc) is 3.41. The van der Waals surface area contributed by atoms with E-state index in [0.29, 0.717) is 17.0 Å². The molecule has 2 aromatic carbocycles. The van der Waals surface area contributed by atoms with Crippen molar-refractivity contribution in [2.45, 2.75) is 13.3 Å². The molecule has 1 saturated heterocycles. The van der Waals surface area contributed by atoms with Gasteiger partial charge in [0.25, 0.3) is 0 Å². The molecule has 2 fully saturated rings. The van der Waals surface area contributed by atoms with E-state index in [1.165, 1.54) is 4.90 Å². The molecule has 4 atom stereocenters. The molecular formula is C24H21NO4. The van der Waals surface area contributed by atoms with Crippen LogP contribution >= 0.6 is 0 Å². The number of carbonyl (C=O) groups excluding carboxylic acids is 3. The average molecular weight is 387 g/mol. The highest BCUT2D eigenvalue weighted by atomic mass is 16.5. The Morgan fingerprint density at radius 3 is 2.31 bits per heavy atom. The summed E-state index contributed by atoms with van der Waals surface area (Å²) in [4.78, 5) is 39.5. The minimum Gasteiger partial charge on any atom is -0.485 e. The summed E-state index contributed by atoms with van der Waals surface area (Å²) in [6, 6.07) is 14.2. The van der Waals surface area contributed by atoms with Crippen molar-refractivity contribution in [3.05, 3.63) is 71.8 Å². The molecule has 1 aliphatic heterocycles. The fourth-order valence-corrected chi connectivity index (χ4v) is 4.84. The zero-order chi connectivity index (χ0) is 20.1. The van der Waals surface area contributed by atoms with Gasteiger partial charge < -0.3 is 4.74 Å². The minimum atomic E-state index is -0.231. The van der Waals surface area contributed by atoms with Crippen LogP contribution in [0.25, 0.3) is 0 Å². The topological polar surface area (TPSA) is 63.7 Å². The van der Waals surface area contributed by atoms with Crippen molar-refractivity contribution in [2.24, 2.45) is 23.7 Å². The maximum Gasteiger partial charge on any atom is 0.238 e. The number of hydrogen-bond donors (Lipinski definition) is 0. The third-order valence-electron chi connectivity index (χ3n) is 6.29. The largest absolute Gasteiger partial charge is 0.485 e. The van der Waals surface area contributed by atoms with Gasteiger partial charge in [-0.25, -0.2) is 4.90 Å². The highest BCUT2D eigenvalue weighted by Gasteiger charge is 2.59. The molecule has 2 amide bonds. The van der Waals surface area contributed by atoms with Gasteiger partial charge in [0.2, 0.25) is 11.8 Å². The molecule has 5 nitrogen and oxygen atoms in total. The van der Waals surface area contributed by atoms with Gasteiger partial charge in [0.15, 0.2) is 12.4 Å². The Bertz CT molecular complexity index is 1010. The molecule has 3 aliphatic rings. The van der Waals surface area contributed by atoms with E-state index in [2.05, 4.69) is 12.2 Å². The lowest BCUT2D eigenvalue weighted by Crippen LogP contribution is -2.32.